The second kappa shape index (κ2) is 15.5. The van der Waals surface area contributed by atoms with Crippen LogP contribution >= 0.6 is 15.9 Å². The Morgan fingerprint density at radius 3 is 1.68 bits per heavy atom. The van der Waals surface area contributed by atoms with Crippen LogP contribution in [0.5, 0.6) is 0 Å². The first-order valence-electron chi connectivity index (χ1n) is 14.1. The molecule has 2 fully saturated rings. The first-order chi connectivity index (χ1) is 21.6. The number of aliphatic hydroxyl groups excluding tert-OH is 1. The molecule has 4 N–H and O–H groups in total. The van der Waals surface area contributed by atoms with Gasteiger partial charge in [0.05, 0.1) is 6.61 Å². The standard InChI is InChI=1S/C28H39BrO18/c1-11(30)19(37)23-27(39,28(40,13(3)32)26(38,12(2)31)25(47-23)41-9-8-29)24-22(45-17(7)36)21(44-16(6)35)20(43-15(5)34)18(46-24)10-42-14(4)33/h18-25,37-40H,8-10H2,1-7H3/t18-,19?,20+,21+,22-,23-,24-,25+,26+,27+,28-/m1/s1. The average molecular weight is 744 g/mol. The lowest BCUT2D eigenvalue weighted by atomic mass is 9.58. The number of hydrogen-bond donors (Lipinski definition) is 4. The van der Waals surface area contributed by atoms with Crippen molar-refractivity contribution >= 4 is 57.2 Å². The highest BCUT2D eigenvalue weighted by Gasteiger charge is 2.82. The van der Waals surface area contributed by atoms with Crippen molar-refractivity contribution in [3.8, 4) is 0 Å². The van der Waals surface area contributed by atoms with E-state index in [0.29, 0.717) is 13.8 Å². The number of carbonyl (C=O) groups excluding carboxylic acids is 7. The quantitative estimate of drug-likeness (QED) is 0.0868. The molecule has 11 atom stereocenters. The molecule has 2 aliphatic rings. The number of esters is 4. The second-order valence-corrected chi connectivity index (χ2v) is 11.8. The molecule has 2 rings (SSSR count). The van der Waals surface area contributed by atoms with E-state index in [4.69, 9.17) is 33.2 Å². The predicted octanol–water partition coefficient (Wildman–Crippen LogP) is -2.43. The van der Waals surface area contributed by atoms with Gasteiger partial charge in [-0.15, -0.1) is 0 Å². The Kier molecular flexibility index (Phi) is 13.3. The monoisotopic (exact) mass is 742 g/mol. The number of hydrogen-bond acceptors (Lipinski definition) is 18. The fraction of sp³-hybridized carbons (Fsp3) is 0.750. The topological polar surface area (TPSA) is 265 Å². The summed E-state index contributed by atoms with van der Waals surface area (Å²) >= 11 is 3.06. The predicted molar refractivity (Wildman–Crippen MR) is 153 cm³/mol. The van der Waals surface area contributed by atoms with Gasteiger partial charge >= 0.3 is 23.9 Å². The minimum absolute atomic E-state index is 0.0449. The molecule has 1 unspecified atom stereocenters. The summed E-state index contributed by atoms with van der Waals surface area (Å²) in [6.45, 7) is 4.66. The van der Waals surface area contributed by atoms with Gasteiger partial charge in [0.1, 0.15) is 31.0 Å². The van der Waals surface area contributed by atoms with Crippen LogP contribution < -0.4 is 0 Å². The Labute approximate surface area is 277 Å². The Balaban J connectivity index is 3.13. The lowest BCUT2D eigenvalue weighted by molar-refractivity contribution is -0.411. The molecule has 18 nitrogen and oxygen atoms in total. The van der Waals surface area contributed by atoms with Crippen LogP contribution in [0.3, 0.4) is 0 Å². The Bertz CT molecular complexity index is 1260. The molecule has 0 saturated carbocycles. The van der Waals surface area contributed by atoms with Crippen LogP contribution in [0.1, 0.15) is 48.5 Å². The zero-order chi connectivity index (χ0) is 36.2. The van der Waals surface area contributed by atoms with Gasteiger partial charge in [-0.1, -0.05) is 15.9 Å². The molecule has 2 heterocycles. The third-order valence-electron chi connectivity index (χ3n) is 7.70. The lowest BCUT2D eigenvalue weighted by Gasteiger charge is -2.62. The maximum atomic E-state index is 13.6. The van der Waals surface area contributed by atoms with E-state index in [1.165, 1.54) is 0 Å². The van der Waals surface area contributed by atoms with Gasteiger partial charge in [0.25, 0.3) is 0 Å². The summed E-state index contributed by atoms with van der Waals surface area (Å²) in [5.74, 6) is -8.30. The average Bonchev–Trinajstić information content (AvgIpc) is 2.95. The van der Waals surface area contributed by atoms with Gasteiger partial charge in [-0.25, -0.2) is 0 Å². The highest BCUT2D eigenvalue weighted by molar-refractivity contribution is 9.09. The first kappa shape index (κ1) is 40.3. The summed E-state index contributed by atoms with van der Waals surface area (Å²) in [6.07, 6.45) is -17.7. The normalized spacial score (nSPS) is 36.0. The van der Waals surface area contributed by atoms with Crippen molar-refractivity contribution in [2.24, 2.45) is 0 Å². The van der Waals surface area contributed by atoms with Crippen LogP contribution in [0.15, 0.2) is 0 Å². The van der Waals surface area contributed by atoms with Crippen molar-refractivity contribution < 1.29 is 87.1 Å². The molecular formula is C28H39BrO18. The van der Waals surface area contributed by atoms with Crippen molar-refractivity contribution in [3.63, 3.8) is 0 Å². The highest BCUT2D eigenvalue weighted by atomic mass is 79.9. The van der Waals surface area contributed by atoms with E-state index in [9.17, 15) is 54.0 Å². The number of ketones is 3. The van der Waals surface area contributed by atoms with Crippen molar-refractivity contribution in [1.29, 1.82) is 0 Å². The molecule has 0 amide bonds. The zero-order valence-electron chi connectivity index (χ0n) is 26.6. The minimum Gasteiger partial charge on any atom is -0.463 e. The number of alkyl halides is 1. The number of carbonyl (C=O) groups is 7. The fourth-order valence-corrected chi connectivity index (χ4v) is 5.97. The van der Waals surface area contributed by atoms with Crippen LogP contribution in [-0.4, -0.2) is 146 Å². The number of aliphatic hydroxyl groups is 4. The number of halogens is 1. The van der Waals surface area contributed by atoms with Crippen LogP contribution in [0.25, 0.3) is 0 Å². The largest absolute Gasteiger partial charge is 0.463 e. The van der Waals surface area contributed by atoms with Crippen molar-refractivity contribution in [2.45, 2.75) is 114 Å². The molecule has 0 bridgehead atoms. The summed E-state index contributed by atoms with van der Waals surface area (Å²) in [5.41, 5.74) is -11.1. The lowest BCUT2D eigenvalue weighted by Crippen LogP contribution is -2.90. The molecule has 19 heteroatoms. The zero-order valence-corrected chi connectivity index (χ0v) is 28.2. The van der Waals surface area contributed by atoms with Gasteiger partial charge in [-0.2, -0.15) is 0 Å². The number of rotatable bonds is 13. The van der Waals surface area contributed by atoms with Gasteiger partial charge in [0.2, 0.25) is 5.60 Å². The number of ether oxygens (including phenoxy) is 7. The van der Waals surface area contributed by atoms with Crippen molar-refractivity contribution in [1.82, 2.24) is 0 Å². The first-order valence-corrected chi connectivity index (χ1v) is 15.3. The molecule has 2 saturated heterocycles. The molecule has 0 aromatic carbocycles. The van der Waals surface area contributed by atoms with E-state index in [-0.39, 0.29) is 11.9 Å². The minimum atomic E-state index is -3.85. The van der Waals surface area contributed by atoms with E-state index in [2.05, 4.69) is 15.9 Å². The fourth-order valence-electron chi connectivity index (χ4n) is 5.78. The Morgan fingerprint density at radius 2 is 1.26 bits per heavy atom. The summed E-state index contributed by atoms with van der Waals surface area (Å²) in [6, 6.07) is 0. The molecule has 0 aliphatic carbocycles. The third kappa shape index (κ3) is 7.56. The molecule has 0 aromatic heterocycles. The maximum Gasteiger partial charge on any atom is 0.303 e. The smallest absolute Gasteiger partial charge is 0.303 e. The van der Waals surface area contributed by atoms with Crippen molar-refractivity contribution in [2.75, 3.05) is 18.5 Å². The summed E-state index contributed by atoms with van der Waals surface area (Å²) < 4.78 is 38.0. The van der Waals surface area contributed by atoms with E-state index < -0.39 is 114 Å². The van der Waals surface area contributed by atoms with Crippen LogP contribution in [0.4, 0.5) is 0 Å². The van der Waals surface area contributed by atoms with Gasteiger partial charge in [0.15, 0.2) is 53.2 Å². The van der Waals surface area contributed by atoms with E-state index in [1.807, 2.05) is 0 Å². The molecule has 0 spiro atoms. The molecule has 266 valence electrons. The van der Waals surface area contributed by atoms with Gasteiger partial charge in [-0.3, -0.25) is 33.6 Å². The second-order valence-electron chi connectivity index (χ2n) is 11.0. The maximum absolute atomic E-state index is 13.6. The van der Waals surface area contributed by atoms with Gasteiger partial charge < -0.3 is 53.6 Å². The van der Waals surface area contributed by atoms with E-state index in [0.717, 1.165) is 34.6 Å². The molecule has 47 heavy (non-hydrogen) atoms. The van der Waals surface area contributed by atoms with E-state index >= 15 is 0 Å². The van der Waals surface area contributed by atoms with Crippen LogP contribution in [-0.2, 0) is 66.7 Å². The SMILES string of the molecule is CC(=O)OC[C@H]1O[C@@H]([C@@]2(O)[C@@H](C(O)C(C)=O)O[C@H](OCCBr)[C@@](O)(C(C)=O)[C@]2(O)C(C)=O)[C@H](OC(C)=O)[C@@H](OC(C)=O)[C@H]1OC(C)=O. The summed E-state index contributed by atoms with van der Waals surface area (Å²) in [4.78, 5) is 88.1. The molecule has 2 aliphatic heterocycles. The van der Waals surface area contributed by atoms with Crippen molar-refractivity contribution in [3.05, 3.63) is 0 Å². The Morgan fingerprint density at radius 1 is 0.745 bits per heavy atom. The number of Topliss-reactive ketones (excluding diaryl/α,β-unsaturated/α-hetero) is 3. The summed E-state index contributed by atoms with van der Waals surface area (Å²) in [5, 5.41) is 48.2. The van der Waals surface area contributed by atoms with Crippen LogP contribution in [0, 0.1) is 0 Å². The third-order valence-corrected chi connectivity index (χ3v) is 8.02. The van der Waals surface area contributed by atoms with E-state index in [1.54, 1.807) is 0 Å². The molecule has 0 radical (unpaired) electrons. The molecular weight excluding hydrogens is 704 g/mol. The van der Waals surface area contributed by atoms with Gasteiger partial charge in [-0.05, 0) is 20.8 Å². The highest BCUT2D eigenvalue weighted by Crippen LogP contribution is 2.52. The Hall–Kier alpha value is -2.91. The molecule has 0 aromatic rings. The van der Waals surface area contributed by atoms with Crippen LogP contribution in [0.2, 0.25) is 0 Å². The van der Waals surface area contributed by atoms with Gasteiger partial charge in [0, 0.05) is 33.0 Å². The summed E-state index contributed by atoms with van der Waals surface area (Å²) in [7, 11) is 0.